The SMILES string of the molecule is CCCc1c[nH]c2cc(O)c(O)cc12. The molecule has 2 rings (SSSR count). The minimum Gasteiger partial charge on any atom is -0.504 e. The Morgan fingerprint density at radius 2 is 1.93 bits per heavy atom. The average molecular weight is 191 g/mol. The van der Waals surface area contributed by atoms with E-state index in [1.807, 2.05) is 6.20 Å². The van der Waals surface area contributed by atoms with Crippen LogP contribution in [-0.2, 0) is 6.42 Å². The number of hydrogen-bond donors (Lipinski definition) is 3. The normalized spacial score (nSPS) is 10.9. The highest BCUT2D eigenvalue weighted by Gasteiger charge is 2.07. The second kappa shape index (κ2) is 3.25. The van der Waals surface area contributed by atoms with E-state index in [1.54, 1.807) is 12.1 Å². The first-order valence-electron chi connectivity index (χ1n) is 4.74. The molecule has 0 unspecified atom stereocenters. The van der Waals surface area contributed by atoms with Gasteiger partial charge in [-0.2, -0.15) is 0 Å². The molecule has 3 N–H and O–H groups in total. The molecule has 74 valence electrons. The summed E-state index contributed by atoms with van der Waals surface area (Å²) >= 11 is 0. The standard InChI is InChI=1S/C11H13NO2/c1-2-3-7-6-12-9-5-11(14)10(13)4-8(7)9/h4-6,12-14H,2-3H2,1H3. The monoisotopic (exact) mass is 191 g/mol. The number of aryl methyl sites for hydroxylation is 1. The lowest BCUT2D eigenvalue weighted by molar-refractivity contribution is 0.405. The van der Waals surface area contributed by atoms with E-state index in [0.717, 1.165) is 23.7 Å². The van der Waals surface area contributed by atoms with Crippen LogP contribution in [0.3, 0.4) is 0 Å². The largest absolute Gasteiger partial charge is 0.504 e. The Bertz CT molecular complexity index is 460. The Hall–Kier alpha value is -1.64. The van der Waals surface area contributed by atoms with Gasteiger partial charge in [-0.3, -0.25) is 0 Å². The molecule has 14 heavy (non-hydrogen) atoms. The zero-order valence-corrected chi connectivity index (χ0v) is 8.04. The molecule has 0 saturated carbocycles. The maximum absolute atomic E-state index is 9.36. The van der Waals surface area contributed by atoms with Gasteiger partial charge in [0.15, 0.2) is 11.5 Å². The molecular formula is C11H13NO2. The van der Waals surface area contributed by atoms with Crippen LogP contribution in [0.2, 0.25) is 0 Å². The number of aromatic nitrogens is 1. The molecule has 3 heteroatoms. The van der Waals surface area contributed by atoms with E-state index in [1.165, 1.54) is 5.56 Å². The van der Waals surface area contributed by atoms with Crippen molar-refractivity contribution in [3.8, 4) is 11.5 Å². The van der Waals surface area contributed by atoms with Gasteiger partial charge >= 0.3 is 0 Å². The number of benzene rings is 1. The fourth-order valence-corrected chi connectivity index (χ4v) is 1.68. The highest BCUT2D eigenvalue weighted by molar-refractivity contribution is 5.86. The summed E-state index contributed by atoms with van der Waals surface area (Å²) in [6.45, 7) is 2.11. The predicted molar refractivity (Wildman–Crippen MR) is 55.6 cm³/mol. The van der Waals surface area contributed by atoms with E-state index >= 15 is 0 Å². The van der Waals surface area contributed by atoms with Crippen LogP contribution < -0.4 is 0 Å². The molecule has 0 aliphatic heterocycles. The van der Waals surface area contributed by atoms with Crippen molar-refractivity contribution < 1.29 is 10.2 Å². The number of H-pyrrole nitrogens is 1. The number of aromatic hydroxyl groups is 2. The van der Waals surface area contributed by atoms with Gasteiger partial charge < -0.3 is 15.2 Å². The Morgan fingerprint density at radius 3 is 2.64 bits per heavy atom. The van der Waals surface area contributed by atoms with Gasteiger partial charge in [-0.25, -0.2) is 0 Å². The first-order valence-corrected chi connectivity index (χ1v) is 4.74. The average Bonchev–Trinajstić information content (AvgIpc) is 2.51. The van der Waals surface area contributed by atoms with Gasteiger partial charge in [0, 0.05) is 23.2 Å². The van der Waals surface area contributed by atoms with Crippen LogP contribution in [0, 0.1) is 0 Å². The van der Waals surface area contributed by atoms with E-state index in [-0.39, 0.29) is 11.5 Å². The van der Waals surface area contributed by atoms with Gasteiger partial charge in [-0.15, -0.1) is 0 Å². The summed E-state index contributed by atoms with van der Waals surface area (Å²) in [7, 11) is 0. The Balaban J connectivity index is 2.61. The molecule has 3 nitrogen and oxygen atoms in total. The summed E-state index contributed by atoms with van der Waals surface area (Å²) in [5, 5.41) is 19.6. The van der Waals surface area contributed by atoms with Crippen molar-refractivity contribution in [2.24, 2.45) is 0 Å². The zero-order valence-electron chi connectivity index (χ0n) is 8.04. The van der Waals surface area contributed by atoms with Crippen LogP contribution in [0.5, 0.6) is 11.5 Å². The van der Waals surface area contributed by atoms with Crippen molar-refractivity contribution in [3.63, 3.8) is 0 Å². The molecule has 0 aliphatic rings. The summed E-state index contributed by atoms with van der Waals surface area (Å²) in [5.74, 6) is -0.142. The predicted octanol–water partition coefficient (Wildman–Crippen LogP) is 2.53. The molecule has 0 aliphatic carbocycles. The molecule has 1 aromatic heterocycles. The summed E-state index contributed by atoms with van der Waals surface area (Å²) in [6, 6.07) is 3.15. The molecule has 0 radical (unpaired) electrons. The van der Waals surface area contributed by atoms with Gasteiger partial charge in [-0.05, 0) is 18.1 Å². The molecule has 0 saturated heterocycles. The van der Waals surface area contributed by atoms with E-state index in [4.69, 9.17) is 0 Å². The third-order valence-corrected chi connectivity index (χ3v) is 2.38. The fourth-order valence-electron chi connectivity index (χ4n) is 1.68. The fraction of sp³-hybridized carbons (Fsp3) is 0.273. The Kier molecular flexibility index (Phi) is 2.08. The molecule has 2 aromatic rings. The third-order valence-electron chi connectivity index (χ3n) is 2.38. The molecule has 1 aromatic carbocycles. The van der Waals surface area contributed by atoms with Crippen LogP contribution in [0.25, 0.3) is 10.9 Å². The lowest BCUT2D eigenvalue weighted by Gasteiger charge is -1.99. The first kappa shape index (κ1) is 8.94. The second-order valence-electron chi connectivity index (χ2n) is 3.45. The van der Waals surface area contributed by atoms with Crippen LogP contribution in [0.4, 0.5) is 0 Å². The topological polar surface area (TPSA) is 56.2 Å². The summed E-state index contributed by atoms with van der Waals surface area (Å²) in [6.07, 6.45) is 3.96. The van der Waals surface area contributed by atoms with Gasteiger partial charge in [0.1, 0.15) is 0 Å². The zero-order chi connectivity index (χ0) is 10.1. The van der Waals surface area contributed by atoms with Crippen molar-refractivity contribution in [2.75, 3.05) is 0 Å². The lowest BCUT2D eigenvalue weighted by Crippen LogP contribution is -1.79. The van der Waals surface area contributed by atoms with E-state index in [2.05, 4.69) is 11.9 Å². The van der Waals surface area contributed by atoms with Gasteiger partial charge in [0.05, 0.1) is 0 Å². The maximum Gasteiger partial charge on any atom is 0.159 e. The number of rotatable bonds is 2. The summed E-state index contributed by atoms with van der Waals surface area (Å²) in [5.41, 5.74) is 2.04. The minimum absolute atomic E-state index is 0.0607. The van der Waals surface area contributed by atoms with Crippen molar-refractivity contribution in [2.45, 2.75) is 19.8 Å². The molecule has 1 heterocycles. The van der Waals surface area contributed by atoms with Gasteiger partial charge in [-0.1, -0.05) is 13.3 Å². The number of fused-ring (bicyclic) bond motifs is 1. The Labute approximate surface area is 82.0 Å². The van der Waals surface area contributed by atoms with Crippen LogP contribution in [-0.4, -0.2) is 15.2 Å². The number of aromatic amines is 1. The van der Waals surface area contributed by atoms with Gasteiger partial charge in [0.25, 0.3) is 0 Å². The van der Waals surface area contributed by atoms with Crippen molar-refractivity contribution in [1.29, 1.82) is 0 Å². The molecule has 0 bridgehead atoms. The highest BCUT2D eigenvalue weighted by atomic mass is 16.3. The minimum atomic E-state index is -0.0811. The first-order chi connectivity index (χ1) is 6.72. The van der Waals surface area contributed by atoms with Crippen LogP contribution in [0.1, 0.15) is 18.9 Å². The molecule has 0 amide bonds. The van der Waals surface area contributed by atoms with Crippen LogP contribution >= 0.6 is 0 Å². The van der Waals surface area contributed by atoms with Crippen molar-refractivity contribution in [1.82, 2.24) is 4.98 Å². The molecule has 0 fully saturated rings. The van der Waals surface area contributed by atoms with Crippen LogP contribution in [0.15, 0.2) is 18.3 Å². The van der Waals surface area contributed by atoms with E-state index < -0.39 is 0 Å². The summed E-state index contributed by atoms with van der Waals surface area (Å²) < 4.78 is 0. The lowest BCUT2D eigenvalue weighted by atomic mass is 10.1. The number of phenols is 2. The van der Waals surface area contributed by atoms with E-state index in [0.29, 0.717) is 0 Å². The maximum atomic E-state index is 9.36. The molecular weight excluding hydrogens is 178 g/mol. The Morgan fingerprint density at radius 1 is 1.21 bits per heavy atom. The molecule has 0 spiro atoms. The van der Waals surface area contributed by atoms with Gasteiger partial charge in [0.2, 0.25) is 0 Å². The third kappa shape index (κ3) is 1.31. The highest BCUT2D eigenvalue weighted by Crippen LogP contribution is 2.31. The number of phenolic OH excluding ortho intramolecular Hbond substituents is 2. The van der Waals surface area contributed by atoms with Crippen molar-refractivity contribution >= 4 is 10.9 Å². The second-order valence-corrected chi connectivity index (χ2v) is 3.45. The number of nitrogens with one attached hydrogen (secondary N) is 1. The number of hydrogen-bond acceptors (Lipinski definition) is 2. The van der Waals surface area contributed by atoms with E-state index in [9.17, 15) is 10.2 Å². The smallest absolute Gasteiger partial charge is 0.159 e. The van der Waals surface area contributed by atoms with Crippen molar-refractivity contribution in [3.05, 3.63) is 23.9 Å². The summed E-state index contributed by atoms with van der Waals surface area (Å²) in [4.78, 5) is 3.07. The quantitative estimate of drug-likeness (QED) is 0.639. The molecule has 0 atom stereocenters.